The second-order valence-electron chi connectivity index (χ2n) is 6.83. The van der Waals surface area contributed by atoms with Gasteiger partial charge >= 0.3 is 0 Å². The molecule has 2 aliphatic heterocycles. The Kier molecular flexibility index (Phi) is 4.90. The highest BCUT2D eigenvalue weighted by molar-refractivity contribution is 5.43. The Hall–Kier alpha value is -2.04. The quantitative estimate of drug-likeness (QED) is 0.853. The van der Waals surface area contributed by atoms with Gasteiger partial charge in [-0.2, -0.15) is 0 Å². The summed E-state index contributed by atoms with van der Waals surface area (Å²) in [5.41, 5.74) is 2.55. The molecule has 0 unspecified atom stereocenters. The Balaban J connectivity index is 1.39. The van der Waals surface area contributed by atoms with Crippen molar-refractivity contribution in [3.8, 4) is 11.5 Å². The SMILES string of the molecule is C[C@H]1CN(CCc2ccc3c(c2)OCCO3)C[C@H](c2ccccc2)O1. The van der Waals surface area contributed by atoms with Gasteiger partial charge in [0.05, 0.1) is 12.2 Å². The van der Waals surface area contributed by atoms with Crippen molar-refractivity contribution in [2.45, 2.75) is 25.6 Å². The van der Waals surface area contributed by atoms with Gasteiger partial charge in [-0.1, -0.05) is 36.4 Å². The van der Waals surface area contributed by atoms with E-state index in [1.54, 1.807) is 0 Å². The van der Waals surface area contributed by atoms with Crippen molar-refractivity contribution < 1.29 is 14.2 Å². The van der Waals surface area contributed by atoms with Crippen LogP contribution in [0.3, 0.4) is 0 Å². The van der Waals surface area contributed by atoms with Crippen LogP contribution >= 0.6 is 0 Å². The van der Waals surface area contributed by atoms with E-state index in [-0.39, 0.29) is 12.2 Å². The van der Waals surface area contributed by atoms with E-state index in [1.165, 1.54) is 11.1 Å². The Morgan fingerprint density at radius 1 is 0.960 bits per heavy atom. The van der Waals surface area contributed by atoms with Crippen LogP contribution in [0.4, 0.5) is 0 Å². The first kappa shape index (κ1) is 16.4. The van der Waals surface area contributed by atoms with Gasteiger partial charge in [-0.15, -0.1) is 0 Å². The predicted molar refractivity (Wildman–Crippen MR) is 97.3 cm³/mol. The van der Waals surface area contributed by atoms with Crippen molar-refractivity contribution in [1.82, 2.24) is 4.90 Å². The largest absolute Gasteiger partial charge is 0.486 e. The van der Waals surface area contributed by atoms with Crippen molar-refractivity contribution in [3.63, 3.8) is 0 Å². The molecule has 0 saturated carbocycles. The molecule has 4 nitrogen and oxygen atoms in total. The average molecular weight is 339 g/mol. The topological polar surface area (TPSA) is 30.9 Å². The van der Waals surface area contributed by atoms with Crippen molar-refractivity contribution in [2.24, 2.45) is 0 Å². The Morgan fingerprint density at radius 2 is 1.76 bits per heavy atom. The standard InChI is InChI=1S/C21H25NO3/c1-16-14-22(15-21(25-16)18-5-3-2-4-6-18)10-9-17-7-8-19-20(13-17)24-12-11-23-19/h2-8,13,16,21H,9-12,14-15H2,1H3/t16-,21+/m0/s1. The first-order valence-electron chi connectivity index (χ1n) is 9.09. The first-order chi connectivity index (χ1) is 12.3. The van der Waals surface area contributed by atoms with Gasteiger partial charge in [0.2, 0.25) is 0 Å². The van der Waals surface area contributed by atoms with Gasteiger partial charge in [-0.25, -0.2) is 0 Å². The summed E-state index contributed by atoms with van der Waals surface area (Å²) in [5, 5.41) is 0. The van der Waals surface area contributed by atoms with E-state index in [1.807, 2.05) is 6.07 Å². The second kappa shape index (κ2) is 7.46. The molecule has 2 heterocycles. The highest BCUT2D eigenvalue weighted by Gasteiger charge is 2.26. The molecule has 0 N–H and O–H groups in total. The van der Waals surface area contributed by atoms with E-state index in [2.05, 4.69) is 54.3 Å². The van der Waals surface area contributed by atoms with Crippen LogP contribution in [0.2, 0.25) is 0 Å². The third kappa shape index (κ3) is 3.97. The predicted octanol–water partition coefficient (Wildman–Crippen LogP) is 3.46. The molecule has 2 aromatic rings. The number of morpholine rings is 1. The molecule has 0 aromatic heterocycles. The summed E-state index contributed by atoms with van der Waals surface area (Å²) in [6, 6.07) is 16.8. The number of hydrogen-bond donors (Lipinski definition) is 0. The molecule has 0 amide bonds. The third-order valence-electron chi connectivity index (χ3n) is 4.83. The van der Waals surface area contributed by atoms with Crippen LogP contribution in [-0.4, -0.2) is 43.9 Å². The lowest BCUT2D eigenvalue weighted by Crippen LogP contribution is -2.43. The molecule has 4 heteroatoms. The molecule has 1 saturated heterocycles. The third-order valence-corrected chi connectivity index (χ3v) is 4.83. The van der Waals surface area contributed by atoms with Crippen LogP contribution in [0.15, 0.2) is 48.5 Å². The smallest absolute Gasteiger partial charge is 0.161 e. The summed E-state index contributed by atoms with van der Waals surface area (Å²) in [7, 11) is 0. The van der Waals surface area contributed by atoms with Crippen LogP contribution in [0.1, 0.15) is 24.2 Å². The lowest BCUT2D eigenvalue weighted by atomic mass is 10.1. The molecule has 0 spiro atoms. The molecule has 4 rings (SSSR count). The first-order valence-corrected chi connectivity index (χ1v) is 9.09. The molecule has 1 fully saturated rings. The van der Waals surface area contributed by atoms with Crippen LogP contribution in [0, 0.1) is 0 Å². The zero-order chi connectivity index (χ0) is 17.1. The number of fused-ring (bicyclic) bond motifs is 1. The van der Waals surface area contributed by atoms with Crippen molar-refractivity contribution >= 4 is 0 Å². The lowest BCUT2D eigenvalue weighted by Gasteiger charge is -2.37. The van der Waals surface area contributed by atoms with Crippen LogP contribution < -0.4 is 9.47 Å². The normalized spacial score (nSPS) is 23.4. The summed E-state index contributed by atoms with van der Waals surface area (Å²) in [5.74, 6) is 1.74. The maximum atomic E-state index is 6.15. The number of ether oxygens (including phenoxy) is 3. The number of nitrogens with zero attached hydrogens (tertiary/aromatic N) is 1. The molecular weight excluding hydrogens is 314 g/mol. The molecule has 0 bridgehead atoms. The minimum absolute atomic E-state index is 0.158. The molecule has 2 aliphatic rings. The van der Waals surface area contributed by atoms with Crippen LogP contribution in [0.25, 0.3) is 0 Å². The van der Waals surface area contributed by atoms with E-state index < -0.39 is 0 Å². The summed E-state index contributed by atoms with van der Waals surface area (Å²) >= 11 is 0. The summed E-state index contributed by atoms with van der Waals surface area (Å²) < 4.78 is 17.4. The van der Waals surface area contributed by atoms with Crippen LogP contribution in [0.5, 0.6) is 11.5 Å². The Labute approximate surface area is 149 Å². The lowest BCUT2D eigenvalue weighted by molar-refractivity contribution is -0.0785. The van der Waals surface area contributed by atoms with E-state index in [0.717, 1.165) is 37.6 Å². The molecule has 0 radical (unpaired) electrons. The number of rotatable bonds is 4. The zero-order valence-electron chi connectivity index (χ0n) is 14.7. The fourth-order valence-electron chi connectivity index (χ4n) is 3.60. The molecule has 2 aromatic carbocycles. The zero-order valence-corrected chi connectivity index (χ0v) is 14.7. The minimum Gasteiger partial charge on any atom is -0.486 e. The molecule has 132 valence electrons. The minimum atomic E-state index is 0.158. The second-order valence-corrected chi connectivity index (χ2v) is 6.83. The highest BCUT2D eigenvalue weighted by atomic mass is 16.6. The van der Waals surface area contributed by atoms with Crippen molar-refractivity contribution in [1.29, 1.82) is 0 Å². The van der Waals surface area contributed by atoms with Crippen LogP contribution in [-0.2, 0) is 11.2 Å². The Morgan fingerprint density at radius 3 is 2.60 bits per heavy atom. The maximum absolute atomic E-state index is 6.15. The summed E-state index contributed by atoms with van der Waals surface area (Å²) in [6.45, 7) is 6.38. The van der Waals surface area contributed by atoms with Crippen molar-refractivity contribution in [3.05, 3.63) is 59.7 Å². The maximum Gasteiger partial charge on any atom is 0.161 e. The van der Waals surface area contributed by atoms with Gasteiger partial charge in [0.1, 0.15) is 13.2 Å². The molecule has 2 atom stereocenters. The number of benzene rings is 2. The van der Waals surface area contributed by atoms with E-state index in [4.69, 9.17) is 14.2 Å². The Bertz CT molecular complexity index is 704. The fourth-order valence-corrected chi connectivity index (χ4v) is 3.60. The van der Waals surface area contributed by atoms with E-state index in [9.17, 15) is 0 Å². The van der Waals surface area contributed by atoms with E-state index >= 15 is 0 Å². The average Bonchev–Trinajstić information content (AvgIpc) is 2.66. The summed E-state index contributed by atoms with van der Waals surface area (Å²) in [6.07, 6.45) is 1.41. The van der Waals surface area contributed by atoms with Crippen molar-refractivity contribution in [2.75, 3.05) is 32.8 Å². The monoisotopic (exact) mass is 339 g/mol. The molecular formula is C21H25NO3. The summed E-state index contributed by atoms with van der Waals surface area (Å²) in [4.78, 5) is 2.50. The van der Waals surface area contributed by atoms with Gasteiger partial charge in [-0.05, 0) is 36.6 Å². The van der Waals surface area contributed by atoms with Gasteiger partial charge in [0.25, 0.3) is 0 Å². The van der Waals surface area contributed by atoms with E-state index in [0.29, 0.717) is 13.2 Å². The van der Waals surface area contributed by atoms with Gasteiger partial charge in [0.15, 0.2) is 11.5 Å². The molecule has 0 aliphatic carbocycles. The fraction of sp³-hybridized carbons (Fsp3) is 0.429. The van der Waals surface area contributed by atoms with Gasteiger partial charge in [-0.3, -0.25) is 4.90 Å². The highest BCUT2D eigenvalue weighted by Crippen LogP contribution is 2.31. The molecule has 25 heavy (non-hydrogen) atoms. The van der Waals surface area contributed by atoms with Gasteiger partial charge in [0, 0.05) is 19.6 Å². The number of hydrogen-bond acceptors (Lipinski definition) is 4. The van der Waals surface area contributed by atoms with Gasteiger partial charge < -0.3 is 14.2 Å².